The van der Waals surface area contributed by atoms with Crippen molar-refractivity contribution in [2.75, 3.05) is 0 Å². The molecule has 0 spiro atoms. The van der Waals surface area contributed by atoms with Crippen molar-refractivity contribution in [3.63, 3.8) is 0 Å². The quantitative estimate of drug-likeness (QED) is 0.850. The molecule has 0 aromatic carbocycles. The zero-order valence-electron chi connectivity index (χ0n) is 9.16. The maximum Gasteiger partial charge on any atom is 0.314 e. The number of hydrogen-bond acceptors (Lipinski definition) is 3. The average Bonchev–Trinajstić information content (AvgIpc) is 2.58. The minimum Gasteiger partial charge on any atom is -0.481 e. The van der Waals surface area contributed by atoms with Gasteiger partial charge < -0.3 is 5.11 Å². The molecule has 5 nitrogen and oxygen atoms in total. The number of nitrogens with zero attached hydrogens (tertiary/aromatic N) is 3. The fraction of sp³-hybridized carbons (Fsp3) is 0.364. The van der Waals surface area contributed by atoms with E-state index in [2.05, 4.69) is 10.1 Å². The Kier molecular flexibility index (Phi) is 2.60. The zero-order chi connectivity index (χ0) is 11.7. The summed E-state index contributed by atoms with van der Waals surface area (Å²) < 4.78 is 1.59. The van der Waals surface area contributed by atoms with Gasteiger partial charge in [-0.2, -0.15) is 5.10 Å². The number of carboxylic acid groups (broad SMARTS) is 1. The second-order valence-electron chi connectivity index (χ2n) is 4.03. The Bertz CT molecular complexity index is 486. The van der Waals surface area contributed by atoms with E-state index in [1.165, 1.54) is 0 Å². The van der Waals surface area contributed by atoms with Gasteiger partial charge in [0.1, 0.15) is 5.92 Å². The van der Waals surface area contributed by atoms with Crippen LogP contribution < -0.4 is 0 Å². The molecule has 0 radical (unpaired) electrons. The van der Waals surface area contributed by atoms with Crippen molar-refractivity contribution in [3.05, 3.63) is 30.2 Å². The second-order valence-corrected chi connectivity index (χ2v) is 4.03. The van der Waals surface area contributed by atoms with E-state index in [1.807, 2.05) is 26.0 Å². The Balaban J connectivity index is 2.49. The molecule has 2 heterocycles. The maximum absolute atomic E-state index is 11.1. The largest absolute Gasteiger partial charge is 0.481 e. The third-order valence-corrected chi connectivity index (χ3v) is 2.47. The van der Waals surface area contributed by atoms with E-state index in [1.54, 1.807) is 16.8 Å². The molecule has 5 heteroatoms. The number of hydrogen-bond donors (Lipinski definition) is 1. The highest BCUT2D eigenvalue weighted by molar-refractivity contribution is 5.75. The smallest absolute Gasteiger partial charge is 0.314 e. The van der Waals surface area contributed by atoms with Crippen LogP contribution in [0.4, 0.5) is 0 Å². The molecule has 0 aliphatic carbocycles. The van der Waals surface area contributed by atoms with Gasteiger partial charge in [-0.3, -0.25) is 4.79 Å². The molecular weight excluding hydrogens is 206 g/mol. The molecule has 16 heavy (non-hydrogen) atoms. The Morgan fingerprint density at radius 1 is 1.44 bits per heavy atom. The number of carboxylic acids is 1. The number of aliphatic carboxylic acids is 1. The zero-order valence-corrected chi connectivity index (χ0v) is 9.16. The molecule has 1 N–H and O–H groups in total. The highest BCUT2D eigenvalue weighted by Gasteiger charge is 2.27. The van der Waals surface area contributed by atoms with Crippen LogP contribution in [0.5, 0.6) is 0 Å². The van der Waals surface area contributed by atoms with Crippen molar-refractivity contribution in [3.8, 4) is 0 Å². The van der Waals surface area contributed by atoms with Crippen LogP contribution in [0.15, 0.2) is 24.4 Å². The van der Waals surface area contributed by atoms with Gasteiger partial charge in [0, 0.05) is 6.20 Å². The van der Waals surface area contributed by atoms with E-state index < -0.39 is 11.9 Å². The fourth-order valence-corrected chi connectivity index (χ4v) is 1.67. The lowest BCUT2D eigenvalue weighted by atomic mass is 9.95. The van der Waals surface area contributed by atoms with E-state index in [9.17, 15) is 4.79 Å². The van der Waals surface area contributed by atoms with Gasteiger partial charge in [-0.25, -0.2) is 9.50 Å². The van der Waals surface area contributed by atoms with Crippen LogP contribution in [-0.4, -0.2) is 25.7 Å². The van der Waals surface area contributed by atoms with E-state index in [4.69, 9.17) is 5.11 Å². The Hall–Kier alpha value is -1.91. The van der Waals surface area contributed by atoms with E-state index in [0.29, 0.717) is 11.5 Å². The highest BCUT2D eigenvalue weighted by atomic mass is 16.4. The summed E-state index contributed by atoms with van der Waals surface area (Å²) in [5, 5.41) is 13.3. The third kappa shape index (κ3) is 1.76. The summed E-state index contributed by atoms with van der Waals surface area (Å²) in [6.07, 6.45) is 1.76. The lowest BCUT2D eigenvalue weighted by Crippen LogP contribution is -2.19. The first-order valence-corrected chi connectivity index (χ1v) is 5.13. The highest BCUT2D eigenvalue weighted by Crippen LogP contribution is 2.22. The topological polar surface area (TPSA) is 67.5 Å². The predicted octanol–water partition coefficient (Wildman–Crippen LogP) is 1.55. The molecule has 1 atom stereocenters. The summed E-state index contributed by atoms with van der Waals surface area (Å²) in [4.78, 5) is 15.4. The van der Waals surface area contributed by atoms with Crippen LogP contribution in [-0.2, 0) is 4.79 Å². The number of pyridine rings is 1. The van der Waals surface area contributed by atoms with Crippen molar-refractivity contribution in [2.24, 2.45) is 5.92 Å². The number of carbonyl (C=O) groups is 1. The molecule has 0 fully saturated rings. The van der Waals surface area contributed by atoms with Crippen molar-refractivity contribution in [1.29, 1.82) is 0 Å². The molecule has 2 aromatic heterocycles. The van der Waals surface area contributed by atoms with Crippen molar-refractivity contribution in [1.82, 2.24) is 14.6 Å². The minimum absolute atomic E-state index is 0.0325. The normalized spacial score (nSPS) is 13.2. The van der Waals surface area contributed by atoms with Crippen molar-refractivity contribution < 1.29 is 9.90 Å². The molecule has 2 aromatic rings. The van der Waals surface area contributed by atoms with Crippen molar-refractivity contribution in [2.45, 2.75) is 19.8 Å². The molecule has 0 aliphatic rings. The van der Waals surface area contributed by atoms with E-state index in [-0.39, 0.29) is 5.92 Å². The molecule has 0 amide bonds. The van der Waals surface area contributed by atoms with Crippen LogP contribution in [0.2, 0.25) is 0 Å². The van der Waals surface area contributed by atoms with Gasteiger partial charge in [-0.15, -0.1) is 0 Å². The SMILES string of the molecule is CC(C)C(C(=O)O)c1nc2ccccn2n1. The Labute approximate surface area is 92.7 Å². The summed E-state index contributed by atoms with van der Waals surface area (Å²) in [5.41, 5.74) is 0.671. The van der Waals surface area contributed by atoms with Crippen LogP contribution in [0.3, 0.4) is 0 Å². The monoisotopic (exact) mass is 219 g/mol. The molecule has 0 bridgehead atoms. The minimum atomic E-state index is -0.883. The van der Waals surface area contributed by atoms with E-state index in [0.717, 1.165) is 0 Å². The van der Waals surface area contributed by atoms with Gasteiger partial charge in [0.25, 0.3) is 0 Å². The summed E-state index contributed by atoms with van der Waals surface area (Å²) in [6, 6.07) is 5.48. The first kappa shape index (κ1) is 10.6. The van der Waals surface area contributed by atoms with E-state index >= 15 is 0 Å². The molecule has 0 aliphatic heterocycles. The van der Waals surface area contributed by atoms with Crippen LogP contribution >= 0.6 is 0 Å². The van der Waals surface area contributed by atoms with Crippen LogP contribution in [0, 0.1) is 5.92 Å². The molecule has 84 valence electrons. The first-order chi connectivity index (χ1) is 7.59. The summed E-state index contributed by atoms with van der Waals surface area (Å²) in [6.45, 7) is 3.70. The molecule has 2 rings (SSSR count). The predicted molar refractivity (Wildman–Crippen MR) is 58.2 cm³/mol. The Morgan fingerprint density at radius 2 is 2.19 bits per heavy atom. The van der Waals surface area contributed by atoms with Crippen molar-refractivity contribution >= 4 is 11.6 Å². The number of aromatic nitrogens is 3. The molecule has 0 saturated carbocycles. The lowest BCUT2D eigenvalue weighted by molar-refractivity contribution is -0.140. The summed E-state index contributed by atoms with van der Waals surface area (Å²) in [5.74, 6) is -1.20. The first-order valence-electron chi connectivity index (χ1n) is 5.13. The summed E-state index contributed by atoms with van der Waals surface area (Å²) in [7, 11) is 0. The average molecular weight is 219 g/mol. The lowest BCUT2D eigenvalue weighted by Gasteiger charge is -2.11. The van der Waals surface area contributed by atoms with Gasteiger partial charge in [0.2, 0.25) is 0 Å². The van der Waals surface area contributed by atoms with Gasteiger partial charge in [-0.05, 0) is 18.1 Å². The Morgan fingerprint density at radius 3 is 2.75 bits per heavy atom. The molecule has 1 unspecified atom stereocenters. The number of rotatable bonds is 3. The summed E-state index contributed by atoms with van der Waals surface area (Å²) >= 11 is 0. The standard InChI is InChI=1S/C11H13N3O2/c1-7(2)9(11(15)16)10-12-8-5-3-4-6-14(8)13-10/h3-7,9H,1-2H3,(H,15,16). The van der Waals surface area contributed by atoms with Gasteiger partial charge in [0.05, 0.1) is 0 Å². The number of fused-ring (bicyclic) bond motifs is 1. The fourth-order valence-electron chi connectivity index (χ4n) is 1.67. The van der Waals surface area contributed by atoms with Crippen LogP contribution in [0.25, 0.3) is 5.65 Å². The molecule has 0 saturated heterocycles. The molecular formula is C11H13N3O2. The third-order valence-electron chi connectivity index (χ3n) is 2.47. The van der Waals surface area contributed by atoms with Gasteiger partial charge in [0.15, 0.2) is 11.5 Å². The maximum atomic E-state index is 11.1. The van der Waals surface area contributed by atoms with Crippen LogP contribution in [0.1, 0.15) is 25.6 Å². The second kappa shape index (κ2) is 3.92. The van der Waals surface area contributed by atoms with Gasteiger partial charge >= 0.3 is 5.97 Å². The van der Waals surface area contributed by atoms with Gasteiger partial charge in [-0.1, -0.05) is 19.9 Å².